The van der Waals surface area contributed by atoms with Crippen LogP contribution in [0, 0.1) is 0 Å². The van der Waals surface area contributed by atoms with Crippen LogP contribution in [0.3, 0.4) is 0 Å². The van der Waals surface area contributed by atoms with Crippen molar-refractivity contribution in [1.29, 1.82) is 0 Å². The number of anilines is 2. The van der Waals surface area contributed by atoms with E-state index in [1.807, 2.05) is 0 Å². The van der Waals surface area contributed by atoms with Gasteiger partial charge in [-0.15, -0.1) is 0 Å². The SMILES string of the molecule is O=C1N(c2cccc(Br)c2)C2CS(=O)(=O)CC2N1c1cccc(C(F)(F)F)c1. The molecular weight excluding hydrogens is 461 g/mol. The van der Waals surface area contributed by atoms with Gasteiger partial charge in [0.2, 0.25) is 0 Å². The molecule has 2 unspecified atom stereocenters. The summed E-state index contributed by atoms with van der Waals surface area (Å²) in [7, 11) is -3.43. The Bertz CT molecular complexity index is 1060. The first kappa shape index (κ1) is 19.3. The fourth-order valence-corrected chi connectivity index (χ4v) is 6.07. The van der Waals surface area contributed by atoms with Crippen molar-refractivity contribution in [3.8, 4) is 0 Å². The van der Waals surface area contributed by atoms with E-state index >= 15 is 0 Å². The largest absolute Gasteiger partial charge is 0.416 e. The fraction of sp³-hybridized carbons (Fsp3) is 0.278. The number of carbonyl (C=O) groups excluding carboxylic acids is 1. The molecule has 0 aromatic heterocycles. The molecule has 2 aromatic rings. The Hall–Kier alpha value is -2.07. The average Bonchev–Trinajstić information content (AvgIpc) is 3.02. The summed E-state index contributed by atoms with van der Waals surface area (Å²) < 4.78 is 64.5. The molecule has 2 aromatic carbocycles. The molecule has 2 heterocycles. The van der Waals surface area contributed by atoms with Crippen molar-refractivity contribution >= 4 is 43.2 Å². The van der Waals surface area contributed by atoms with Crippen molar-refractivity contribution in [1.82, 2.24) is 0 Å². The summed E-state index contributed by atoms with van der Waals surface area (Å²) in [5.74, 6) is -0.518. The minimum absolute atomic E-state index is 0.0319. The van der Waals surface area contributed by atoms with Gasteiger partial charge in [-0.2, -0.15) is 13.2 Å². The maximum Gasteiger partial charge on any atom is 0.416 e. The third-order valence-corrected chi connectivity index (χ3v) is 7.10. The van der Waals surface area contributed by atoms with Crippen LogP contribution in [0.15, 0.2) is 53.0 Å². The van der Waals surface area contributed by atoms with Crippen molar-refractivity contribution < 1.29 is 26.4 Å². The molecule has 5 nitrogen and oxygen atoms in total. The van der Waals surface area contributed by atoms with Gasteiger partial charge in [-0.25, -0.2) is 13.2 Å². The van der Waals surface area contributed by atoms with E-state index < -0.39 is 39.7 Å². The van der Waals surface area contributed by atoms with Crippen LogP contribution in [0.5, 0.6) is 0 Å². The Balaban J connectivity index is 1.81. The van der Waals surface area contributed by atoms with Gasteiger partial charge < -0.3 is 0 Å². The lowest BCUT2D eigenvalue weighted by atomic mass is 10.1. The van der Waals surface area contributed by atoms with Crippen LogP contribution in [0.2, 0.25) is 0 Å². The molecule has 2 atom stereocenters. The van der Waals surface area contributed by atoms with Crippen LogP contribution in [-0.2, 0) is 16.0 Å². The van der Waals surface area contributed by atoms with E-state index in [1.165, 1.54) is 21.9 Å². The first-order chi connectivity index (χ1) is 13.1. The number of hydrogen-bond donors (Lipinski definition) is 0. The summed E-state index contributed by atoms with van der Waals surface area (Å²) in [6.45, 7) is 0. The van der Waals surface area contributed by atoms with Crippen LogP contribution in [0.1, 0.15) is 5.56 Å². The molecule has 2 saturated heterocycles. The normalized spacial score (nSPS) is 23.9. The number of rotatable bonds is 2. The van der Waals surface area contributed by atoms with Crippen LogP contribution in [0.4, 0.5) is 29.3 Å². The number of carbonyl (C=O) groups is 1. The van der Waals surface area contributed by atoms with Crippen LogP contribution in [0.25, 0.3) is 0 Å². The number of urea groups is 1. The lowest BCUT2D eigenvalue weighted by Crippen LogP contribution is -2.38. The number of amides is 2. The van der Waals surface area contributed by atoms with Crippen molar-refractivity contribution in [3.63, 3.8) is 0 Å². The number of halogens is 4. The minimum atomic E-state index is -4.57. The predicted octanol–water partition coefficient (Wildman–Crippen LogP) is 4.08. The van der Waals surface area contributed by atoms with Gasteiger partial charge in [0.1, 0.15) is 0 Å². The summed E-state index contributed by atoms with van der Waals surface area (Å²) in [4.78, 5) is 15.7. The van der Waals surface area contributed by atoms with E-state index in [4.69, 9.17) is 0 Å². The highest BCUT2D eigenvalue weighted by Crippen LogP contribution is 2.40. The molecule has 0 aliphatic carbocycles. The standard InChI is InChI=1S/C18H14BrF3N2O3S/c19-12-4-2-6-14(8-12)24-16-10-28(26,27)9-15(16)23(17(24)25)13-5-1-3-11(7-13)18(20,21)22/h1-8,15-16H,9-10H2. The molecule has 148 valence electrons. The van der Waals surface area contributed by atoms with E-state index in [-0.39, 0.29) is 17.2 Å². The average molecular weight is 475 g/mol. The van der Waals surface area contributed by atoms with Crippen LogP contribution < -0.4 is 9.80 Å². The molecule has 0 N–H and O–H groups in total. The molecule has 2 aliphatic heterocycles. The zero-order chi connectivity index (χ0) is 20.3. The first-order valence-electron chi connectivity index (χ1n) is 8.32. The maximum absolute atomic E-state index is 13.2. The van der Waals surface area contributed by atoms with Gasteiger partial charge in [-0.3, -0.25) is 9.80 Å². The van der Waals surface area contributed by atoms with E-state index in [9.17, 15) is 26.4 Å². The van der Waals surface area contributed by atoms with Crippen LogP contribution in [-0.4, -0.2) is 38.0 Å². The number of benzene rings is 2. The quantitative estimate of drug-likeness (QED) is 0.616. The Kier molecular flexibility index (Phi) is 4.46. The Morgan fingerprint density at radius 1 is 0.929 bits per heavy atom. The lowest BCUT2D eigenvalue weighted by molar-refractivity contribution is -0.137. The van der Waals surface area contributed by atoms with E-state index in [1.54, 1.807) is 24.3 Å². The molecule has 28 heavy (non-hydrogen) atoms. The summed E-state index contributed by atoms with van der Waals surface area (Å²) in [6, 6.07) is 9.25. The molecule has 4 rings (SSSR count). The van der Waals surface area contributed by atoms with Gasteiger partial charge in [-0.1, -0.05) is 28.1 Å². The van der Waals surface area contributed by atoms with Crippen molar-refractivity contribution in [3.05, 3.63) is 58.6 Å². The highest BCUT2D eigenvalue weighted by atomic mass is 79.9. The van der Waals surface area contributed by atoms with Gasteiger partial charge in [-0.05, 0) is 36.4 Å². The molecule has 0 radical (unpaired) electrons. The second-order valence-electron chi connectivity index (χ2n) is 6.76. The zero-order valence-electron chi connectivity index (χ0n) is 14.2. The molecular formula is C18H14BrF3N2O3S. The van der Waals surface area contributed by atoms with E-state index in [2.05, 4.69) is 15.9 Å². The van der Waals surface area contributed by atoms with E-state index in [0.717, 1.165) is 12.1 Å². The second kappa shape index (κ2) is 6.48. The maximum atomic E-state index is 13.2. The molecule has 0 saturated carbocycles. The summed E-state index contributed by atoms with van der Waals surface area (Å²) in [5.41, 5.74) is -0.374. The third kappa shape index (κ3) is 3.28. The van der Waals surface area contributed by atoms with Gasteiger partial charge >= 0.3 is 12.2 Å². The number of hydrogen-bond acceptors (Lipinski definition) is 3. The molecule has 0 bridgehead atoms. The van der Waals surface area contributed by atoms with Gasteiger partial charge in [0.15, 0.2) is 9.84 Å². The first-order valence-corrected chi connectivity index (χ1v) is 10.9. The van der Waals surface area contributed by atoms with Crippen molar-refractivity contribution in [2.24, 2.45) is 0 Å². The van der Waals surface area contributed by atoms with E-state index in [0.29, 0.717) is 10.2 Å². The molecule has 2 amide bonds. The van der Waals surface area contributed by atoms with Crippen molar-refractivity contribution in [2.75, 3.05) is 21.3 Å². The Morgan fingerprint density at radius 3 is 2.00 bits per heavy atom. The Labute approximate surface area is 167 Å². The highest BCUT2D eigenvalue weighted by Gasteiger charge is 2.54. The molecule has 2 fully saturated rings. The van der Waals surface area contributed by atoms with Gasteiger partial charge in [0.25, 0.3) is 0 Å². The minimum Gasteiger partial charge on any atom is -0.288 e. The number of alkyl halides is 3. The lowest BCUT2D eigenvalue weighted by Gasteiger charge is -2.23. The predicted molar refractivity (Wildman–Crippen MR) is 102 cm³/mol. The van der Waals surface area contributed by atoms with Crippen LogP contribution >= 0.6 is 15.9 Å². The highest BCUT2D eigenvalue weighted by molar-refractivity contribution is 9.10. The van der Waals surface area contributed by atoms with Crippen molar-refractivity contribution in [2.45, 2.75) is 18.3 Å². The topological polar surface area (TPSA) is 57.7 Å². The molecule has 10 heteroatoms. The summed E-state index contributed by atoms with van der Waals surface area (Å²) in [5, 5.41) is 0. The smallest absolute Gasteiger partial charge is 0.288 e. The summed E-state index contributed by atoms with van der Waals surface area (Å²) >= 11 is 3.32. The second-order valence-corrected chi connectivity index (χ2v) is 9.83. The fourth-order valence-electron chi connectivity index (χ4n) is 3.77. The van der Waals surface area contributed by atoms with Gasteiger partial charge in [0.05, 0.1) is 29.2 Å². The number of fused-ring (bicyclic) bond motifs is 1. The number of nitrogens with zero attached hydrogens (tertiary/aromatic N) is 2. The molecule has 2 aliphatic rings. The monoisotopic (exact) mass is 474 g/mol. The van der Waals surface area contributed by atoms with Gasteiger partial charge in [0, 0.05) is 15.8 Å². The molecule has 0 spiro atoms. The number of sulfone groups is 1. The Morgan fingerprint density at radius 2 is 1.46 bits per heavy atom. The third-order valence-electron chi connectivity index (χ3n) is 4.91. The summed E-state index contributed by atoms with van der Waals surface area (Å²) in [6.07, 6.45) is -4.57. The zero-order valence-corrected chi connectivity index (χ0v) is 16.6.